The Labute approximate surface area is 116 Å². The molecule has 2 nitrogen and oxygen atoms in total. The number of thiophene rings is 1. The quantitative estimate of drug-likeness (QED) is 0.868. The number of nitrogens with two attached hydrogens (primary N) is 1. The third kappa shape index (κ3) is 4.47. The van der Waals surface area contributed by atoms with E-state index in [2.05, 4.69) is 0 Å². The summed E-state index contributed by atoms with van der Waals surface area (Å²) in [5.74, 6) is 0. The van der Waals surface area contributed by atoms with E-state index in [0.717, 1.165) is 4.88 Å². The van der Waals surface area contributed by atoms with Crippen LogP contribution < -0.4 is 5.73 Å². The van der Waals surface area contributed by atoms with Crippen molar-refractivity contribution in [2.24, 2.45) is 5.73 Å². The molecule has 19 heavy (non-hydrogen) atoms. The summed E-state index contributed by atoms with van der Waals surface area (Å²) in [6.07, 6.45) is -4.01. The lowest BCUT2D eigenvalue weighted by molar-refractivity contribution is -0.195. The zero-order valence-electron chi connectivity index (χ0n) is 11.4. The van der Waals surface area contributed by atoms with Gasteiger partial charge in [-0.1, -0.05) is 13.0 Å². The second-order valence-electron chi connectivity index (χ2n) is 4.90. The predicted octanol–water partition coefficient (Wildman–Crippen LogP) is 3.63. The summed E-state index contributed by atoms with van der Waals surface area (Å²) in [7, 11) is 0. The smallest absolute Gasteiger partial charge is 0.326 e. The Kier molecular flexibility index (Phi) is 5.82. The zero-order chi connectivity index (χ0) is 14.6. The first kappa shape index (κ1) is 16.5. The van der Waals surface area contributed by atoms with Crippen LogP contribution in [0.2, 0.25) is 0 Å². The van der Waals surface area contributed by atoms with Gasteiger partial charge in [0.15, 0.2) is 0 Å². The molecule has 0 amide bonds. The maximum absolute atomic E-state index is 13.3. The molecule has 1 aromatic rings. The lowest BCUT2D eigenvalue weighted by Crippen LogP contribution is -2.57. The van der Waals surface area contributed by atoms with E-state index in [4.69, 9.17) is 5.73 Å². The van der Waals surface area contributed by atoms with Gasteiger partial charge in [0, 0.05) is 23.5 Å². The van der Waals surface area contributed by atoms with Crippen molar-refractivity contribution in [1.82, 2.24) is 4.90 Å². The molecule has 0 fully saturated rings. The molecular weight excluding hydrogens is 273 g/mol. The van der Waals surface area contributed by atoms with Crippen molar-refractivity contribution < 1.29 is 13.2 Å². The largest absolute Gasteiger partial charge is 0.405 e. The Balaban J connectivity index is 2.98. The molecule has 0 aliphatic heterocycles. The Morgan fingerprint density at radius 2 is 2.00 bits per heavy atom. The summed E-state index contributed by atoms with van der Waals surface area (Å²) in [6.45, 7) is 5.52. The highest BCUT2D eigenvalue weighted by atomic mass is 32.1. The Hall–Kier alpha value is -0.590. The van der Waals surface area contributed by atoms with Gasteiger partial charge in [-0.15, -0.1) is 11.3 Å². The summed E-state index contributed by atoms with van der Waals surface area (Å²) < 4.78 is 39.8. The summed E-state index contributed by atoms with van der Waals surface area (Å²) >= 11 is 1.47. The fourth-order valence-corrected chi connectivity index (χ4v) is 2.80. The third-order valence-corrected chi connectivity index (χ3v) is 4.01. The normalized spacial score (nSPS) is 16.1. The van der Waals surface area contributed by atoms with E-state index < -0.39 is 18.3 Å². The van der Waals surface area contributed by atoms with E-state index in [0.29, 0.717) is 6.42 Å². The minimum atomic E-state index is -4.31. The van der Waals surface area contributed by atoms with Crippen LogP contribution in [-0.4, -0.2) is 29.2 Å². The van der Waals surface area contributed by atoms with E-state index in [9.17, 15) is 13.2 Å². The van der Waals surface area contributed by atoms with Crippen LogP contribution in [0.5, 0.6) is 0 Å². The minimum absolute atomic E-state index is 0.216. The molecule has 0 spiro atoms. The molecule has 110 valence electrons. The third-order valence-electron chi connectivity index (χ3n) is 3.15. The second-order valence-corrected chi connectivity index (χ2v) is 5.94. The molecule has 2 unspecified atom stereocenters. The van der Waals surface area contributed by atoms with Gasteiger partial charge < -0.3 is 5.73 Å². The molecule has 1 rings (SSSR count). The average molecular weight is 294 g/mol. The molecule has 2 atom stereocenters. The van der Waals surface area contributed by atoms with Crippen LogP contribution in [-0.2, 0) is 6.54 Å². The van der Waals surface area contributed by atoms with Crippen LogP contribution in [0.25, 0.3) is 0 Å². The topological polar surface area (TPSA) is 29.3 Å². The van der Waals surface area contributed by atoms with Gasteiger partial charge in [0.2, 0.25) is 0 Å². The molecule has 0 radical (unpaired) electrons. The van der Waals surface area contributed by atoms with E-state index in [1.807, 2.05) is 17.5 Å². The van der Waals surface area contributed by atoms with Gasteiger partial charge in [0.1, 0.15) is 6.04 Å². The van der Waals surface area contributed by atoms with Gasteiger partial charge in [0.05, 0.1) is 0 Å². The molecule has 0 aromatic carbocycles. The van der Waals surface area contributed by atoms with Gasteiger partial charge in [-0.05, 0) is 31.7 Å². The Bertz CT molecular complexity index is 362. The first-order valence-corrected chi connectivity index (χ1v) is 7.25. The highest BCUT2D eigenvalue weighted by Gasteiger charge is 2.47. The molecule has 2 N–H and O–H groups in total. The number of rotatable bonds is 6. The zero-order valence-corrected chi connectivity index (χ0v) is 12.3. The fraction of sp³-hybridized carbons (Fsp3) is 0.692. The highest BCUT2D eigenvalue weighted by molar-refractivity contribution is 7.09. The van der Waals surface area contributed by atoms with Crippen molar-refractivity contribution in [2.75, 3.05) is 0 Å². The molecule has 0 saturated heterocycles. The summed E-state index contributed by atoms with van der Waals surface area (Å²) in [5, 5.41) is 1.87. The van der Waals surface area contributed by atoms with Crippen LogP contribution in [0.4, 0.5) is 13.2 Å². The SMILES string of the molecule is CCC(N)C(N(Cc1cccs1)C(C)C)C(F)(F)F. The average Bonchev–Trinajstić information content (AvgIpc) is 2.78. The molecule has 0 bridgehead atoms. The van der Waals surface area contributed by atoms with Gasteiger partial charge in [-0.2, -0.15) is 13.2 Å². The van der Waals surface area contributed by atoms with Crippen molar-refractivity contribution in [1.29, 1.82) is 0 Å². The van der Waals surface area contributed by atoms with E-state index in [-0.39, 0.29) is 12.6 Å². The van der Waals surface area contributed by atoms with Gasteiger partial charge in [-0.25, -0.2) is 0 Å². The van der Waals surface area contributed by atoms with Crippen molar-refractivity contribution in [3.05, 3.63) is 22.4 Å². The molecule has 0 aliphatic rings. The first-order chi connectivity index (χ1) is 8.77. The molecular formula is C13H21F3N2S. The van der Waals surface area contributed by atoms with E-state index >= 15 is 0 Å². The maximum Gasteiger partial charge on any atom is 0.405 e. The van der Waals surface area contributed by atoms with E-state index in [1.165, 1.54) is 16.2 Å². The number of alkyl halides is 3. The lowest BCUT2D eigenvalue weighted by Gasteiger charge is -2.38. The highest BCUT2D eigenvalue weighted by Crippen LogP contribution is 2.31. The molecule has 0 aliphatic carbocycles. The molecule has 6 heteroatoms. The van der Waals surface area contributed by atoms with Crippen LogP contribution in [0.3, 0.4) is 0 Å². The monoisotopic (exact) mass is 294 g/mol. The van der Waals surface area contributed by atoms with Crippen LogP contribution in [0, 0.1) is 0 Å². The predicted molar refractivity (Wildman–Crippen MR) is 73.1 cm³/mol. The molecule has 0 saturated carbocycles. The van der Waals surface area contributed by atoms with Gasteiger partial charge in [0.25, 0.3) is 0 Å². The van der Waals surface area contributed by atoms with Crippen LogP contribution in [0.1, 0.15) is 32.1 Å². The van der Waals surface area contributed by atoms with Crippen LogP contribution in [0.15, 0.2) is 17.5 Å². The summed E-state index contributed by atoms with van der Waals surface area (Å²) in [5.41, 5.74) is 5.71. The lowest BCUT2D eigenvalue weighted by atomic mass is 10.0. The second kappa shape index (κ2) is 6.72. The minimum Gasteiger partial charge on any atom is -0.326 e. The Morgan fingerprint density at radius 1 is 1.37 bits per heavy atom. The number of halogens is 3. The van der Waals surface area contributed by atoms with Crippen LogP contribution >= 0.6 is 11.3 Å². The summed E-state index contributed by atoms with van der Waals surface area (Å²) in [6, 6.07) is 0.986. The van der Waals surface area contributed by atoms with Crippen molar-refractivity contribution in [2.45, 2.75) is 58.0 Å². The van der Waals surface area contributed by atoms with Crippen molar-refractivity contribution >= 4 is 11.3 Å². The first-order valence-electron chi connectivity index (χ1n) is 6.37. The number of nitrogens with zero attached hydrogens (tertiary/aromatic N) is 1. The van der Waals surface area contributed by atoms with Gasteiger partial charge >= 0.3 is 6.18 Å². The maximum atomic E-state index is 13.3. The van der Waals surface area contributed by atoms with E-state index in [1.54, 1.807) is 20.8 Å². The summed E-state index contributed by atoms with van der Waals surface area (Å²) in [4.78, 5) is 2.37. The number of hydrogen-bond donors (Lipinski definition) is 1. The standard InChI is InChI=1S/C13H21F3N2S/c1-4-11(17)12(13(14,15)16)18(9(2)3)8-10-6-5-7-19-10/h5-7,9,11-12H,4,8,17H2,1-3H3. The van der Waals surface area contributed by atoms with Crippen molar-refractivity contribution in [3.63, 3.8) is 0 Å². The van der Waals surface area contributed by atoms with Crippen molar-refractivity contribution in [3.8, 4) is 0 Å². The molecule has 1 aromatic heterocycles. The Morgan fingerprint density at radius 3 is 2.37 bits per heavy atom. The fourth-order valence-electron chi connectivity index (χ4n) is 2.08. The van der Waals surface area contributed by atoms with Gasteiger partial charge in [-0.3, -0.25) is 4.90 Å². The molecule has 1 heterocycles. The number of hydrogen-bond acceptors (Lipinski definition) is 3.